The van der Waals surface area contributed by atoms with Gasteiger partial charge < -0.3 is 10.6 Å². The summed E-state index contributed by atoms with van der Waals surface area (Å²) in [6.07, 6.45) is 6.06. The number of nitrogens with zero attached hydrogens (tertiary/aromatic N) is 1. The van der Waals surface area contributed by atoms with Crippen LogP contribution in [0.1, 0.15) is 49.8 Å². The van der Waals surface area contributed by atoms with E-state index in [1.807, 2.05) is 0 Å². The Labute approximate surface area is 109 Å². The van der Waals surface area contributed by atoms with Gasteiger partial charge in [-0.15, -0.1) is 0 Å². The lowest BCUT2D eigenvalue weighted by Crippen LogP contribution is -2.41. The Morgan fingerprint density at radius 2 is 2.33 bits per heavy atom. The fourth-order valence-electron chi connectivity index (χ4n) is 2.90. The highest BCUT2D eigenvalue weighted by Crippen LogP contribution is 2.37. The summed E-state index contributed by atoms with van der Waals surface area (Å²) >= 11 is 0. The number of nitrogens with one attached hydrogen (secondary N) is 2. The summed E-state index contributed by atoms with van der Waals surface area (Å²) in [5, 5.41) is 6.98. The normalized spacial score (nSPS) is 23.2. The van der Waals surface area contributed by atoms with Crippen LogP contribution in [0.4, 0.5) is 5.69 Å². The summed E-state index contributed by atoms with van der Waals surface area (Å²) < 4.78 is 0. The van der Waals surface area contributed by atoms with E-state index in [2.05, 4.69) is 40.7 Å². The van der Waals surface area contributed by atoms with Gasteiger partial charge in [-0.2, -0.15) is 0 Å². The molecule has 0 aromatic heterocycles. The predicted molar refractivity (Wildman–Crippen MR) is 76.1 cm³/mol. The van der Waals surface area contributed by atoms with Crippen molar-refractivity contribution in [3.63, 3.8) is 0 Å². The molecule has 1 heterocycles. The Balaban J connectivity index is 1.86. The van der Waals surface area contributed by atoms with Crippen molar-refractivity contribution in [1.29, 1.82) is 0 Å². The highest BCUT2D eigenvalue weighted by atomic mass is 15.2. The second-order valence-corrected chi connectivity index (χ2v) is 5.18. The molecule has 96 valence electrons. The lowest BCUT2D eigenvalue weighted by atomic mass is 9.85. The first-order valence-electron chi connectivity index (χ1n) is 7.08. The smallest absolute Gasteiger partial charge is 0.196 e. The van der Waals surface area contributed by atoms with Crippen molar-refractivity contribution in [2.24, 2.45) is 4.99 Å². The molecule has 3 heteroatoms. The van der Waals surface area contributed by atoms with Gasteiger partial charge in [0.25, 0.3) is 0 Å². The lowest BCUT2D eigenvalue weighted by Gasteiger charge is -2.34. The van der Waals surface area contributed by atoms with Crippen LogP contribution in [0.15, 0.2) is 23.2 Å². The van der Waals surface area contributed by atoms with Gasteiger partial charge in [0.1, 0.15) is 0 Å². The molecule has 3 rings (SSSR count). The molecule has 18 heavy (non-hydrogen) atoms. The van der Waals surface area contributed by atoms with Gasteiger partial charge in [-0.05, 0) is 37.3 Å². The van der Waals surface area contributed by atoms with Crippen molar-refractivity contribution < 1.29 is 0 Å². The molecule has 0 saturated carbocycles. The zero-order valence-electron chi connectivity index (χ0n) is 11.0. The number of hydrogen-bond acceptors (Lipinski definition) is 1. The number of guanidine groups is 1. The molecule has 0 amide bonds. The average Bonchev–Trinajstić information content (AvgIpc) is 2.40. The van der Waals surface area contributed by atoms with E-state index in [4.69, 9.17) is 0 Å². The lowest BCUT2D eigenvalue weighted by molar-refractivity contribution is 0.521. The molecule has 0 fully saturated rings. The highest BCUT2D eigenvalue weighted by molar-refractivity contribution is 5.97. The third-order valence-electron chi connectivity index (χ3n) is 3.83. The first-order chi connectivity index (χ1) is 8.88. The summed E-state index contributed by atoms with van der Waals surface area (Å²) in [7, 11) is 0. The van der Waals surface area contributed by atoms with E-state index in [9.17, 15) is 0 Å². The largest absolute Gasteiger partial charge is 0.349 e. The van der Waals surface area contributed by atoms with Crippen LogP contribution < -0.4 is 10.6 Å². The topological polar surface area (TPSA) is 36.4 Å². The molecule has 1 unspecified atom stereocenters. The Hall–Kier alpha value is -1.51. The summed E-state index contributed by atoms with van der Waals surface area (Å²) in [5.41, 5.74) is 4.22. The van der Waals surface area contributed by atoms with Crippen LogP contribution in [0.25, 0.3) is 0 Å². The van der Waals surface area contributed by atoms with E-state index >= 15 is 0 Å². The van der Waals surface area contributed by atoms with E-state index in [1.54, 1.807) is 0 Å². The molecule has 2 N–H and O–H groups in total. The standard InChI is InChI=1S/C15H21N3/c1-2-3-10-16-15-17-12-8-4-6-11-7-5-9-13(18-15)14(11)12/h4,6,8,13H,2-3,5,7,9-10H2,1H3,(H2,16,17,18). The minimum atomic E-state index is 0.464. The second-order valence-electron chi connectivity index (χ2n) is 5.18. The van der Waals surface area contributed by atoms with E-state index in [1.165, 1.54) is 42.5 Å². The maximum atomic E-state index is 4.62. The van der Waals surface area contributed by atoms with Crippen LogP contribution in [0.3, 0.4) is 0 Å². The third kappa shape index (κ3) is 2.09. The van der Waals surface area contributed by atoms with Crippen LogP contribution in [0.5, 0.6) is 0 Å². The van der Waals surface area contributed by atoms with Gasteiger partial charge in [-0.25, -0.2) is 0 Å². The van der Waals surface area contributed by atoms with Gasteiger partial charge in [0.2, 0.25) is 0 Å². The van der Waals surface area contributed by atoms with Gasteiger partial charge in [0.05, 0.1) is 6.04 Å². The minimum absolute atomic E-state index is 0.464. The van der Waals surface area contributed by atoms with Crippen molar-refractivity contribution in [1.82, 2.24) is 5.32 Å². The van der Waals surface area contributed by atoms with Gasteiger partial charge in [0.15, 0.2) is 5.96 Å². The molecule has 0 radical (unpaired) electrons. The molecule has 1 aromatic carbocycles. The van der Waals surface area contributed by atoms with Crippen LogP contribution in [-0.2, 0) is 6.42 Å². The van der Waals surface area contributed by atoms with Gasteiger partial charge >= 0.3 is 0 Å². The maximum Gasteiger partial charge on any atom is 0.196 e. The first-order valence-corrected chi connectivity index (χ1v) is 7.08. The SMILES string of the molecule is CCCCN=C1Nc2cccc3c2C(CCC3)N1. The Morgan fingerprint density at radius 3 is 3.22 bits per heavy atom. The number of aliphatic imine (C=N–C) groups is 1. The summed E-state index contributed by atoms with van der Waals surface area (Å²) in [6.45, 7) is 3.11. The quantitative estimate of drug-likeness (QED) is 0.800. The molecule has 1 aliphatic heterocycles. The molecule has 3 nitrogen and oxygen atoms in total. The highest BCUT2D eigenvalue weighted by Gasteiger charge is 2.27. The van der Waals surface area contributed by atoms with E-state index in [-0.39, 0.29) is 0 Å². The molecule has 1 atom stereocenters. The number of anilines is 1. The molecular formula is C15H21N3. The maximum absolute atomic E-state index is 4.62. The molecule has 0 saturated heterocycles. The number of benzene rings is 1. The van der Waals surface area contributed by atoms with Crippen molar-refractivity contribution >= 4 is 11.6 Å². The fraction of sp³-hybridized carbons (Fsp3) is 0.533. The predicted octanol–water partition coefficient (Wildman–Crippen LogP) is 3.24. The minimum Gasteiger partial charge on any atom is -0.349 e. The van der Waals surface area contributed by atoms with Crippen LogP contribution in [0.2, 0.25) is 0 Å². The van der Waals surface area contributed by atoms with Crippen molar-refractivity contribution in [2.45, 2.75) is 45.1 Å². The second kappa shape index (κ2) is 5.01. The monoisotopic (exact) mass is 243 g/mol. The van der Waals surface area contributed by atoms with Gasteiger partial charge in [-0.1, -0.05) is 25.5 Å². The fourth-order valence-corrected chi connectivity index (χ4v) is 2.90. The third-order valence-corrected chi connectivity index (χ3v) is 3.83. The number of hydrogen-bond donors (Lipinski definition) is 2. The zero-order valence-corrected chi connectivity index (χ0v) is 11.0. The first kappa shape index (κ1) is 11.6. The Kier molecular flexibility index (Phi) is 3.22. The zero-order chi connectivity index (χ0) is 12.4. The van der Waals surface area contributed by atoms with Crippen LogP contribution in [0, 0.1) is 0 Å². The van der Waals surface area contributed by atoms with Crippen molar-refractivity contribution in [2.75, 3.05) is 11.9 Å². The van der Waals surface area contributed by atoms with Crippen LogP contribution >= 0.6 is 0 Å². The average molecular weight is 243 g/mol. The summed E-state index contributed by atoms with van der Waals surface area (Å²) in [4.78, 5) is 4.62. The molecule has 0 bridgehead atoms. The summed E-state index contributed by atoms with van der Waals surface area (Å²) in [5.74, 6) is 0.958. The number of rotatable bonds is 3. The molecular weight excluding hydrogens is 222 g/mol. The molecule has 0 spiro atoms. The van der Waals surface area contributed by atoms with E-state index in [0.717, 1.165) is 18.9 Å². The molecule has 2 aliphatic rings. The van der Waals surface area contributed by atoms with Gasteiger partial charge in [-0.3, -0.25) is 4.99 Å². The number of aryl methyl sites for hydroxylation is 1. The van der Waals surface area contributed by atoms with E-state index < -0.39 is 0 Å². The van der Waals surface area contributed by atoms with Crippen LogP contribution in [-0.4, -0.2) is 12.5 Å². The Morgan fingerprint density at radius 1 is 1.39 bits per heavy atom. The van der Waals surface area contributed by atoms with Gasteiger partial charge in [0, 0.05) is 17.8 Å². The Bertz CT molecular complexity index is 465. The summed E-state index contributed by atoms with van der Waals surface area (Å²) in [6, 6.07) is 7.05. The molecule has 1 aromatic rings. The van der Waals surface area contributed by atoms with Crippen molar-refractivity contribution in [3.05, 3.63) is 29.3 Å². The van der Waals surface area contributed by atoms with Crippen molar-refractivity contribution in [3.8, 4) is 0 Å². The molecule has 1 aliphatic carbocycles. The number of unbranched alkanes of at least 4 members (excludes halogenated alkanes) is 1. The van der Waals surface area contributed by atoms with E-state index in [0.29, 0.717) is 6.04 Å².